The first-order chi connectivity index (χ1) is 14.9. The molecule has 0 aliphatic heterocycles. The Labute approximate surface area is 181 Å². The molecule has 6 heteroatoms. The van der Waals surface area contributed by atoms with Gasteiger partial charge in [0, 0.05) is 0 Å². The highest BCUT2D eigenvalue weighted by Crippen LogP contribution is 2.16. The normalized spacial score (nSPS) is 10.7. The molecule has 0 atom stereocenters. The van der Waals surface area contributed by atoms with E-state index in [0.29, 0.717) is 17.1 Å². The summed E-state index contributed by atoms with van der Waals surface area (Å²) in [5.41, 5.74) is 6.99. The van der Waals surface area contributed by atoms with Crippen molar-refractivity contribution in [1.82, 2.24) is 5.43 Å². The summed E-state index contributed by atoms with van der Waals surface area (Å²) < 4.78 is 10.8. The van der Waals surface area contributed by atoms with E-state index in [-0.39, 0.29) is 12.5 Å². The number of hydrogen-bond acceptors (Lipinski definition) is 5. The number of nitrogens with one attached hydrogen (secondary N) is 1. The molecule has 0 fully saturated rings. The van der Waals surface area contributed by atoms with Crippen molar-refractivity contribution in [2.75, 3.05) is 6.61 Å². The minimum Gasteiger partial charge on any atom is -0.484 e. The van der Waals surface area contributed by atoms with Crippen molar-refractivity contribution in [3.8, 4) is 11.5 Å². The van der Waals surface area contributed by atoms with Crippen LogP contribution in [-0.4, -0.2) is 24.7 Å². The number of rotatable bonds is 7. The Kier molecular flexibility index (Phi) is 7.17. The lowest BCUT2D eigenvalue weighted by atomic mass is 10.1. The van der Waals surface area contributed by atoms with Gasteiger partial charge in [0.1, 0.15) is 11.5 Å². The highest BCUT2D eigenvalue weighted by atomic mass is 16.5. The molecule has 1 amide bonds. The van der Waals surface area contributed by atoms with Gasteiger partial charge in [-0.25, -0.2) is 10.2 Å². The number of nitrogens with zero attached hydrogens (tertiary/aromatic N) is 1. The topological polar surface area (TPSA) is 77.0 Å². The van der Waals surface area contributed by atoms with Crippen LogP contribution in [-0.2, 0) is 4.79 Å². The first-order valence-corrected chi connectivity index (χ1v) is 9.81. The zero-order valence-corrected chi connectivity index (χ0v) is 17.7. The SMILES string of the molecule is Cc1ccc(C(=O)Oc2ccc(/C=N\NC(=O)COc3ccc(C)c(C)c3)cc2)cc1. The number of aryl methyl sites for hydroxylation is 3. The Hall–Kier alpha value is -3.93. The van der Waals surface area contributed by atoms with E-state index in [9.17, 15) is 9.59 Å². The highest BCUT2D eigenvalue weighted by Gasteiger charge is 2.08. The second-order valence-electron chi connectivity index (χ2n) is 7.15. The number of benzene rings is 3. The fraction of sp³-hybridized carbons (Fsp3) is 0.160. The van der Waals surface area contributed by atoms with Crippen LogP contribution in [0, 0.1) is 20.8 Å². The molecule has 0 unspecified atom stereocenters. The van der Waals surface area contributed by atoms with E-state index in [4.69, 9.17) is 9.47 Å². The van der Waals surface area contributed by atoms with Crippen LogP contribution in [0.25, 0.3) is 0 Å². The van der Waals surface area contributed by atoms with E-state index in [2.05, 4.69) is 10.5 Å². The van der Waals surface area contributed by atoms with Crippen LogP contribution < -0.4 is 14.9 Å². The zero-order valence-electron chi connectivity index (χ0n) is 17.7. The molecule has 0 saturated carbocycles. The molecule has 1 N–H and O–H groups in total. The summed E-state index contributed by atoms with van der Waals surface area (Å²) in [5, 5.41) is 3.92. The van der Waals surface area contributed by atoms with E-state index < -0.39 is 5.97 Å². The van der Waals surface area contributed by atoms with E-state index in [1.165, 1.54) is 6.21 Å². The van der Waals surface area contributed by atoms with Gasteiger partial charge in [0.05, 0.1) is 11.8 Å². The van der Waals surface area contributed by atoms with Crippen molar-refractivity contribution < 1.29 is 19.1 Å². The van der Waals surface area contributed by atoms with E-state index >= 15 is 0 Å². The van der Waals surface area contributed by atoms with Crippen molar-refractivity contribution in [2.24, 2.45) is 5.10 Å². The second-order valence-corrected chi connectivity index (χ2v) is 7.15. The average molecular weight is 416 g/mol. The Morgan fingerprint density at radius 3 is 2.23 bits per heavy atom. The Bertz CT molecular complexity index is 1090. The number of esters is 1. The van der Waals surface area contributed by atoms with Gasteiger partial charge in [0.15, 0.2) is 6.61 Å². The standard InChI is InChI=1S/C25H24N2O4/c1-17-4-9-21(10-5-17)25(29)31-22-12-7-20(8-13-22)15-26-27-24(28)16-30-23-11-6-18(2)19(3)14-23/h4-15H,16H2,1-3H3,(H,27,28)/b26-15-. The van der Waals surface area contributed by atoms with Gasteiger partial charge in [0.25, 0.3) is 5.91 Å². The molecule has 0 saturated heterocycles. The third-order valence-electron chi connectivity index (χ3n) is 4.63. The number of carbonyl (C=O) groups is 2. The summed E-state index contributed by atoms with van der Waals surface area (Å²) in [6.07, 6.45) is 1.50. The van der Waals surface area contributed by atoms with Gasteiger partial charge in [-0.15, -0.1) is 0 Å². The molecule has 3 rings (SSSR count). The number of hydrazone groups is 1. The molecule has 3 aromatic carbocycles. The summed E-state index contributed by atoms with van der Waals surface area (Å²) in [4.78, 5) is 24.0. The van der Waals surface area contributed by atoms with Crippen LogP contribution in [0.1, 0.15) is 32.6 Å². The summed E-state index contributed by atoms with van der Waals surface area (Å²) in [7, 11) is 0. The van der Waals surface area contributed by atoms with Crippen LogP contribution in [0.4, 0.5) is 0 Å². The third-order valence-corrected chi connectivity index (χ3v) is 4.63. The molecule has 3 aromatic rings. The Morgan fingerprint density at radius 1 is 0.871 bits per heavy atom. The number of ether oxygens (including phenoxy) is 2. The molecule has 0 aromatic heterocycles. The predicted molar refractivity (Wildman–Crippen MR) is 120 cm³/mol. The van der Waals surface area contributed by atoms with Gasteiger partial charge >= 0.3 is 5.97 Å². The van der Waals surface area contributed by atoms with Crippen molar-refractivity contribution in [1.29, 1.82) is 0 Å². The summed E-state index contributed by atoms with van der Waals surface area (Å²) in [6.45, 7) is 5.83. The maximum absolute atomic E-state index is 12.1. The van der Waals surface area contributed by atoms with Gasteiger partial charge in [-0.05, 0) is 86.0 Å². The maximum atomic E-state index is 12.1. The Morgan fingerprint density at radius 2 is 1.55 bits per heavy atom. The monoisotopic (exact) mass is 416 g/mol. The molecular weight excluding hydrogens is 392 g/mol. The third kappa shape index (κ3) is 6.54. The maximum Gasteiger partial charge on any atom is 0.343 e. The quantitative estimate of drug-likeness (QED) is 0.269. The first kappa shape index (κ1) is 21.8. The Balaban J connectivity index is 1.46. The minimum absolute atomic E-state index is 0.131. The molecule has 0 aliphatic rings. The molecule has 0 bridgehead atoms. The predicted octanol–water partition coefficient (Wildman–Crippen LogP) is 4.36. The van der Waals surface area contributed by atoms with Gasteiger partial charge in [-0.2, -0.15) is 5.10 Å². The van der Waals surface area contributed by atoms with Crippen LogP contribution in [0.3, 0.4) is 0 Å². The van der Waals surface area contributed by atoms with E-state index in [1.807, 2.05) is 51.1 Å². The molecule has 0 heterocycles. The van der Waals surface area contributed by atoms with Crippen molar-refractivity contribution in [3.05, 3.63) is 94.5 Å². The summed E-state index contributed by atoms with van der Waals surface area (Å²) in [5.74, 6) is 0.280. The molecule has 0 aliphatic carbocycles. The van der Waals surface area contributed by atoms with E-state index in [1.54, 1.807) is 36.4 Å². The largest absolute Gasteiger partial charge is 0.484 e. The fourth-order valence-corrected chi connectivity index (χ4v) is 2.64. The molecule has 31 heavy (non-hydrogen) atoms. The van der Waals surface area contributed by atoms with Gasteiger partial charge in [-0.3, -0.25) is 4.79 Å². The minimum atomic E-state index is -0.419. The number of amides is 1. The highest BCUT2D eigenvalue weighted by molar-refractivity contribution is 5.91. The van der Waals surface area contributed by atoms with Crippen LogP contribution in [0.15, 0.2) is 71.8 Å². The van der Waals surface area contributed by atoms with Crippen LogP contribution in [0.2, 0.25) is 0 Å². The van der Waals surface area contributed by atoms with Crippen molar-refractivity contribution in [3.63, 3.8) is 0 Å². The molecule has 0 radical (unpaired) electrons. The fourth-order valence-electron chi connectivity index (χ4n) is 2.64. The van der Waals surface area contributed by atoms with Crippen LogP contribution in [0.5, 0.6) is 11.5 Å². The molecule has 0 spiro atoms. The van der Waals surface area contributed by atoms with Gasteiger partial charge < -0.3 is 9.47 Å². The summed E-state index contributed by atoms with van der Waals surface area (Å²) >= 11 is 0. The second kappa shape index (κ2) is 10.2. The van der Waals surface area contributed by atoms with Gasteiger partial charge in [-0.1, -0.05) is 23.8 Å². The average Bonchev–Trinajstić information content (AvgIpc) is 2.76. The van der Waals surface area contributed by atoms with Crippen LogP contribution >= 0.6 is 0 Å². The lowest BCUT2D eigenvalue weighted by Crippen LogP contribution is -2.24. The van der Waals surface area contributed by atoms with Crippen molar-refractivity contribution in [2.45, 2.75) is 20.8 Å². The number of carbonyl (C=O) groups excluding carboxylic acids is 2. The van der Waals surface area contributed by atoms with Crippen molar-refractivity contribution >= 4 is 18.1 Å². The first-order valence-electron chi connectivity index (χ1n) is 9.81. The molecule has 158 valence electrons. The smallest absolute Gasteiger partial charge is 0.343 e. The summed E-state index contributed by atoms with van der Waals surface area (Å²) in [6, 6.07) is 19.6. The zero-order chi connectivity index (χ0) is 22.2. The molecular formula is C25H24N2O4. The van der Waals surface area contributed by atoms with Gasteiger partial charge in [0.2, 0.25) is 0 Å². The lowest BCUT2D eigenvalue weighted by Gasteiger charge is -2.07. The lowest BCUT2D eigenvalue weighted by molar-refractivity contribution is -0.123. The van der Waals surface area contributed by atoms with E-state index in [0.717, 1.165) is 22.3 Å². The molecule has 6 nitrogen and oxygen atoms in total. The number of hydrogen-bond donors (Lipinski definition) is 1.